The van der Waals surface area contributed by atoms with Crippen LogP contribution in [0.2, 0.25) is 0 Å². The minimum atomic E-state index is -0.194. The summed E-state index contributed by atoms with van der Waals surface area (Å²) in [5, 5.41) is 0. The Bertz CT molecular complexity index is 388. The van der Waals surface area contributed by atoms with Gasteiger partial charge >= 0.3 is 6.09 Å². The van der Waals surface area contributed by atoms with Crippen molar-refractivity contribution in [1.29, 1.82) is 0 Å². The summed E-state index contributed by atoms with van der Waals surface area (Å²) in [4.78, 5) is 13.6. The van der Waals surface area contributed by atoms with Crippen LogP contribution in [-0.4, -0.2) is 23.1 Å². The SMILES string of the molecule is CC(C)C1OC(=O)N(Cc2ccccc2)[C@H]1C. The fourth-order valence-corrected chi connectivity index (χ4v) is 2.31. The molecule has 0 radical (unpaired) electrons. The van der Waals surface area contributed by atoms with Crippen LogP contribution in [0.25, 0.3) is 0 Å². The van der Waals surface area contributed by atoms with E-state index in [-0.39, 0.29) is 18.2 Å². The molecule has 0 aliphatic carbocycles. The summed E-state index contributed by atoms with van der Waals surface area (Å²) in [5.41, 5.74) is 1.14. The van der Waals surface area contributed by atoms with E-state index in [1.54, 1.807) is 4.90 Å². The topological polar surface area (TPSA) is 29.5 Å². The summed E-state index contributed by atoms with van der Waals surface area (Å²) in [5.74, 6) is 0.356. The summed E-state index contributed by atoms with van der Waals surface area (Å²) in [6.45, 7) is 6.85. The zero-order valence-corrected chi connectivity index (χ0v) is 10.6. The molecule has 0 saturated carbocycles. The number of hydrogen-bond acceptors (Lipinski definition) is 2. The van der Waals surface area contributed by atoms with Crippen LogP contribution < -0.4 is 0 Å². The Morgan fingerprint density at radius 3 is 2.47 bits per heavy atom. The molecule has 1 aromatic carbocycles. The van der Waals surface area contributed by atoms with Crippen LogP contribution in [-0.2, 0) is 11.3 Å². The molecular formula is C14H19NO2. The van der Waals surface area contributed by atoms with E-state index < -0.39 is 0 Å². The zero-order valence-electron chi connectivity index (χ0n) is 10.6. The van der Waals surface area contributed by atoms with Gasteiger partial charge in [0.05, 0.1) is 6.04 Å². The molecule has 1 saturated heterocycles. The van der Waals surface area contributed by atoms with Crippen molar-refractivity contribution in [3.8, 4) is 0 Å². The lowest BCUT2D eigenvalue weighted by Gasteiger charge is -2.22. The van der Waals surface area contributed by atoms with E-state index in [2.05, 4.69) is 20.8 Å². The van der Waals surface area contributed by atoms with Gasteiger partial charge in [0.15, 0.2) is 0 Å². The third-order valence-electron chi connectivity index (χ3n) is 3.29. The molecule has 1 amide bonds. The fraction of sp³-hybridized carbons (Fsp3) is 0.500. The Morgan fingerprint density at radius 2 is 1.94 bits per heavy atom. The first-order chi connectivity index (χ1) is 8.09. The van der Waals surface area contributed by atoms with Crippen LogP contribution in [0.15, 0.2) is 30.3 Å². The molecule has 1 fully saturated rings. The van der Waals surface area contributed by atoms with E-state index in [9.17, 15) is 4.79 Å². The van der Waals surface area contributed by atoms with Gasteiger partial charge in [-0.3, -0.25) is 4.90 Å². The Labute approximate surface area is 102 Å². The van der Waals surface area contributed by atoms with Crippen molar-refractivity contribution in [2.45, 2.75) is 39.5 Å². The van der Waals surface area contributed by atoms with Gasteiger partial charge in [0, 0.05) is 6.54 Å². The summed E-state index contributed by atoms with van der Waals surface area (Å²) in [6.07, 6.45) is -0.189. The molecule has 17 heavy (non-hydrogen) atoms. The second kappa shape index (κ2) is 4.78. The Kier molecular flexibility index (Phi) is 3.36. The van der Waals surface area contributed by atoms with Crippen LogP contribution in [0.1, 0.15) is 26.3 Å². The third kappa shape index (κ3) is 2.43. The molecule has 1 unspecified atom stereocenters. The van der Waals surface area contributed by atoms with Gasteiger partial charge in [-0.25, -0.2) is 4.79 Å². The Morgan fingerprint density at radius 1 is 1.29 bits per heavy atom. The number of benzene rings is 1. The quantitative estimate of drug-likeness (QED) is 0.803. The van der Waals surface area contributed by atoms with Crippen molar-refractivity contribution in [2.24, 2.45) is 5.92 Å². The predicted octanol–water partition coefficient (Wildman–Crippen LogP) is 3.05. The maximum Gasteiger partial charge on any atom is 0.410 e. The van der Waals surface area contributed by atoms with Crippen LogP contribution in [0.5, 0.6) is 0 Å². The van der Waals surface area contributed by atoms with Crippen molar-refractivity contribution >= 4 is 6.09 Å². The van der Waals surface area contributed by atoms with E-state index in [1.807, 2.05) is 30.3 Å². The molecule has 0 bridgehead atoms. The fourth-order valence-electron chi connectivity index (χ4n) is 2.31. The van der Waals surface area contributed by atoms with Crippen molar-refractivity contribution in [3.05, 3.63) is 35.9 Å². The average Bonchev–Trinajstić information content (AvgIpc) is 2.58. The summed E-state index contributed by atoms with van der Waals surface area (Å²) in [7, 11) is 0. The molecular weight excluding hydrogens is 214 g/mol. The third-order valence-corrected chi connectivity index (χ3v) is 3.29. The van der Waals surface area contributed by atoms with Crippen LogP contribution in [0.4, 0.5) is 4.79 Å². The Balaban J connectivity index is 2.09. The number of carbonyl (C=O) groups excluding carboxylic acids is 1. The minimum absolute atomic E-state index is 0.00575. The van der Waals surface area contributed by atoms with Gasteiger partial charge in [-0.15, -0.1) is 0 Å². The lowest BCUT2D eigenvalue weighted by atomic mass is 10.0. The molecule has 0 spiro atoms. The first-order valence-electron chi connectivity index (χ1n) is 6.10. The Hall–Kier alpha value is -1.51. The normalized spacial score (nSPS) is 24.2. The van der Waals surface area contributed by atoms with Gasteiger partial charge in [0.25, 0.3) is 0 Å². The van der Waals surface area contributed by atoms with Gasteiger partial charge in [-0.2, -0.15) is 0 Å². The molecule has 1 aliphatic heterocycles. The maximum atomic E-state index is 11.8. The van der Waals surface area contributed by atoms with E-state index in [4.69, 9.17) is 4.74 Å². The molecule has 0 aromatic heterocycles. The number of amides is 1. The van der Waals surface area contributed by atoms with E-state index in [1.165, 1.54) is 0 Å². The zero-order chi connectivity index (χ0) is 12.4. The smallest absolute Gasteiger partial charge is 0.410 e. The predicted molar refractivity (Wildman–Crippen MR) is 66.6 cm³/mol. The van der Waals surface area contributed by atoms with Crippen molar-refractivity contribution in [3.63, 3.8) is 0 Å². The van der Waals surface area contributed by atoms with Gasteiger partial charge < -0.3 is 4.74 Å². The van der Waals surface area contributed by atoms with E-state index >= 15 is 0 Å². The first-order valence-corrected chi connectivity index (χ1v) is 6.10. The largest absolute Gasteiger partial charge is 0.444 e. The highest BCUT2D eigenvalue weighted by atomic mass is 16.6. The van der Waals surface area contributed by atoms with Gasteiger partial charge in [-0.05, 0) is 18.4 Å². The van der Waals surface area contributed by atoms with Gasteiger partial charge in [0.1, 0.15) is 6.10 Å². The summed E-state index contributed by atoms with van der Waals surface area (Å²) >= 11 is 0. The van der Waals surface area contributed by atoms with Gasteiger partial charge in [0.2, 0.25) is 0 Å². The highest BCUT2D eigenvalue weighted by Crippen LogP contribution is 2.26. The molecule has 1 heterocycles. The van der Waals surface area contributed by atoms with Gasteiger partial charge in [-0.1, -0.05) is 44.2 Å². The van der Waals surface area contributed by atoms with E-state index in [0.29, 0.717) is 12.5 Å². The number of ether oxygens (including phenoxy) is 1. The highest BCUT2D eigenvalue weighted by Gasteiger charge is 2.39. The molecule has 2 atom stereocenters. The lowest BCUT2D eigenvalue weighted by Crippen LogP contribution is -2.35. The van der Waals surface area contributed by atoms with Crippen molar-refractivity contribution in [1.82, 2.24) is 4.90 Å². The first kappa shape index (κ1) is 12.0. The number of hydrogen-bond donors (Lipinski definition) is 0. The molecule has 3 heteroatoms. The van der Waals surface area contributed by atoms with Crippen LogP contribution in [0.3, 0.4) is 0 Å². The van der Waals surface area contributed by atoms with Crippen molar-refractivity contribution in [2.75, 3.05) is 0 Å². The molecule has 0 N–H and O–H groups in total. The lowest BCUT2D eigenvalue weighted by molar-refractivity contribution is 0.104. The average molecular weight is 233 g/mol. The molecule has 3 nitrogen and oxygen atoms in total. The number of nitrogens with zero attached hydrogens (tertiary/aromatic N) is 1. The summed E-state index contributed by atoms with van der Waals surface area (Å²) < 4.78 is 5.41. The second-order valence-corrected chi connectivity index (χ2v) is 4.95. The number of carbonyl (C=O) groups is 1. The summed E-state index contributed by atoms with van der Waals surface area (Å²) in [6, 6.07) is 10.2. The second-order valence-electron chi connectivity index (χ2n) is 4.95. The standard InChI is InChI=1S/C14H19NO2/c1-10(2)13-11(3)15(14(16)17-13)9-12-7-5-4-6-8-12/h4-8,10-11,13H,9H2,1-3H3/t11-,13?/m0/s1. The molecule has 1 aliphatic rings. The number of rotatable bonds is 3. The molecule has 92 valence electrons. The highest BCUT2D eigenvalue weighted by molar-refractivity contribution is 5.70. The van der Waals surface area contributed by atoms with E-state index in [0.717, 1.165) is 5.56 Å². The van der Waals surface area contributed by atoms with Crippen LogP contribution in [0, 0.1) is 5.92 Å². The monoisotopic (exact) mass is 233 g/mol. The number of cyclic esters (lactones) is 1. The molecule has 1 aromatic rings. The van der Waals surface area contributed by atoms with Crippen LogP contribution >= 0.6 is 0 Å². The van der Waals surface area contributed by atoms with Crippen molar-refractivity contribution < 1.29 is 9.53 Å². The molecule has 2 rings (SSSR count). The maximum absolute atomic E-state index is 11.8. The minimum Gasteiger partial charge on any atom is -0.444 e.